The van der Waals surface area contributed by atoms with Gasteiger partial charge < -0.3 is 9.64 Å². The number of carbonyl (C=O) groups excluding carboxylic acids is 1. The van der Waals surface area contributed by atoms with Crippen LogP contribution in [-0.4, -0.2) is 50.7 Å². The lowest BCUT2D eigenvalue weighted by atomic mass is 10.1. The van der Waals surface area contributed by atoms with Crippen molar-refractivity contribution in [2.24, 2.45) is 0 Å². The van der Waals surface area contributed by atoms with E-state index in [4.69, 9.17) is 0 Å². The fraction of sp³-hybridized carbons (Fsp3) is 0.500. The maximum absolute atomic E-state index is 12.1. The van der Waals surface area contributed by atoms with Crippen LogP contribution < -0.4 is 4.74 Å². The van der Waals surface area contributed by atoms with Gasteiger partial charge in [0.1, 0.15) is 15.6 Å². The summed E-state index contributed by atoms with van der Waals surface area (Å²) < 4.78 is 62.4. The second-order valence-electron chi connectivity index (χ2n) is 5.31. The highest BCUT2D eigenvalue weighted by molar-refractivity contribution is 7.90. The second-order valence-corrected chi connectivity index (χ2v) is 7.50. The van der Waals surface area contributed by atoms with Crippen LogP contribution in [0.3, 0.4) is 0 Å². The Hall–Kier alpha value is -1.77. The van der Waals surface area contributed by atoms with E-state index in [2.05, 4.69) is 4.74 Å². The summed E-state index contributed by atoms with van der Waals surface area (Å²) in [4.78, 5) is 13.4. The highest BCUT2D eigenvalue weighted by atomic mass is 32.2. The van der Waals surface area contributed by atoms with Crippen LogP contribution in [0.1, 0.15) is 12.5 Å². The summed E-state index contributed by atoms with van der Waals surface area (Å²) in [7, 11) is -1.73. The molecule has 5 nitrogen and oxygen atoms in total. The summed E-state index contributed by atoms with van der Waals surface area (Å²) in [5, 5.41) is 0. The minimum absolute atomic E-state index is 0.0447. The standard InChI is InChI=1S/C14H18F3NO4S/c1-10(9-23(3,20)21)18(2)13(19)8-11-4-6-12(7-5-11)22-14(15,16)17/h4-7,10H,8-9H2,1-3H3. The van der Waals surface area contributed by atoms with Crippen LogP contribution in [0.5, 0.6) is 5.75 Å². The zero-order chi connectivity index (χ0) is 17.8. The Kier molecular flexibility index (Phi) is 6.04. The van der Waals surface area contributed by atoms with E-state index in [1.165, 1.54) is 24.1 Å². The monoisotopic (exact) mass is 353 g/mol. The molecule has 0 aromatic heterocycles. The molecule has 0 aliphatic carbocycles. The Labute approximate surface area is 133 Å². The molecule has 0 radical (unpaired) electrons. The van der Waals surface area contributed by atoms with Crippen molar-refractivity contribution < 1.29 is 31.1 Å². The van der Waals surface area contributed by atoms with Gasteiger partial charge in [-0.3, -0.25) is 4.79 Å². The van der Waals surface area contributed by atoms with Crippen LogP contribution in [0.4, 0.5) is 13.2 Å². The lowest BCUT2D eigenvalue weighted by molar-refractivity contribution is -0.274. The van der Waals surface area contributed by atoms with Crippen LogP contribution in [0.15, 0.2) is 24.3 Å². The number of rotatable bonds is 6. The molecule has 23 heavy (non-hydrogen) atoms. The van der Waals surface area contributed by atoms with E-state index in [1.54, 1.807) is 6.92 Å². The largest absolute Gasteiger partial charge is 0.573 e. The minimum Gasteiger partial charge on any atom is -0.406 e. The number of alkyl halides is 3. The van der Waals surface area contributed by atoms with Gasteiger partial charge in [-0.25, -0.2) is 8.42 Å². The Bertz CT molecular complexity index is 641. The van der Waals surface area contributed by atoms with Crippen molar-refractivity contribution >= 4 is 15.7 Å². The Morgan fingerprint density at radius 3 is 2.22 bits per heavy atom. The van der Waals surface area contributed by atoms with Crippen molar-refractivity contribution in [3.63, 3.8) is 0 Å². The number of sulfone groups is 1. The van der Waals surface area contributed by atoms with E-state index in [1.807, 2.05) is 0 Å². The molecule has 1 atom stereocenters. The lowest BCUT2D eigenvalue weighted by Crippen LogP contribution is -2.40. The number of carbonyl (C=O) groups is 1. The molecule has 1 rings (SSSR count). The second kappa shape index (κ2) is 7.20. The molecule has 0 aliphatic heterocycles. The molecule has 1 unspecified atom stereocenters. The molecule has 9 heteroatoms. The Morgan fingerprint density at radius 1 is 1.26 bits per heavy atom. The van der Waals surface area contributed by atoms with E-state index in [9.17, 15) is 26.4 Å². The maximum atomic E-state index is 12.1. The number of likely N-dealkylation sites (N-methyl/N-ethyl adjacent to an activating group) is 1. The van der Waals surface area contributed by atoms with Gasteiger partial charge >= 0.3 is 6.36 Å². The zero-order valence-corrected chi connectivity index (χ0v) is 13.7. The number of amides is 1. The fourth-order valence-corrected chi connectivity index (χ4v) is 3.00. The van der Waals surface area contributed by atoms with Crippen molar-refractivity contribution in [1.29, 1.82) is 0 Å². The average Bonchev–Trinajstić information content (AvgIpc) is 2.36. The van der Waals surface area contributed by atoms with Crippen molar-refractivity contribution in [3.05, 3.63) is 29.8 Å². The first kappa shape index (κ1) is 19.3. The van der Waals surface area contributed by atoms with Gasteiger partial charge in [-0.1, -0.05) is 12.1 Å². The van der Waals surface area contributed by atoms with Crippen molar-refractivity contribution in [1.82, 2.24) is 4.90 Å². The molecular formula is C14H18F3NO4S. The highest BCUT2D eigenvalue weighted by Crippen LogP contribution is 2.23. The molecule has 0 spiro atoms. The van der Waals surface area contributed by atoms with E-state index in [-0.39, 0.29) is 23.8 Å². The van der Waals surface area contributed by atoms with Crippen molar-refractivity contribution in [3.8, 4) is 5.75 Å². The number of hydrogen-bond donors (Lipinski definition) is 0. The van der Waals surface area contributed by atoms with E-state index in [0.29, 0.717) is 5.56 Å². The van der Waals surface area contributed by atoms with Crippen LogP contribution in [-0.2, 0) is 21.1 Å². The summed E-state index contributed by atoms with van der Waals surface area (Å²) in [5.74, 6) is -0.855. The summed E-state index contributed by atoms with van der Waals surface area (Å²) in [6, 6.07) is 4.46. The van der Waals surface area contributed by atoms with Crippen molar-refractivity contribution in [2.45, 2.75) is 25.7 Å². The first-order valence-corrected chi connectivity index (χ1v) is 8.71. The highest BCUT2D eigenvalue weighted by Gasteiger charge is 2.31. The van der Waals surface area contributed by atoms with Gasteiger partial charge in [-0.15, -0.1) is 13.2 Å². The minimum atomic E-state index is -4.77. The van der Waals surface area contributed by atoms with Crippen LogP contribution >= 0.6 is 0 Å². The first-order valence-electron chi connectivity index (χ1n) is 6.65. The van der Waals surface area contributed by atoms with E-state index >= 15 is 0 Å². The van der Waals surface area contributed by atoms with Gasteiger partial charge in [-0.05, 0) is 24.6 Å². The van der Waals surface area contributed by atoms with E-state index < -0.39 is 22.2 Å². The molecule has 0 saturated heterocycles. The molecule has 0 aliphatic rings. The molecular weight excluding hydrogens is 335 g/mol. The Morgan fingerprint density at radius 2 is 1.78 bits per heavy atom. The predicted molar refractivity (Wildman–Crippen MR) is 78.8 cm³/mol. The van der Waals surface area contributed by atoms with E-state index in [0.717, 1.165) is 18.4 Å². The molecule has 0 fully saturated rings. The topological polar surface area (TPSA) is 63.7 Å². The first-order chi connectivity index (χ1) is 10.4. The third kappa shape index (κ3) is 7.36. The van der Waals surface area contributed by atoms with Crippen molar-refractivity contribution in [2.75, 3.05) is 19.1 Å². The van der Waals surface area contributed by atoms with Gasteiger partial charge in [-0.2, -0.15) is 0 Å². The molecule has 0 heterocycles. The fourth-order valence-electron chi connectivity index (χ4n) is 1.90. The number of nitrogens with zero attached hydrogens (tertiary/aromatic N) is 1. The van der Waals surface area contributed by atoms with Crippen LogP contribution in [0.2, 0.25) is 0 Å². The van der Waals surface area contributed by atoms with Gasteiger partial charge in [0.15, 0.2) is 0 Å². The summed E-state index contributed by atoms with van der Waals surface area (Å²) in [6.07, 6.45) is -3.73. The van der Waals surface area contributed by atoms with Gasteiger partial charge in [0, 0.05) is 19.3 Å². The number of benzene rings is 1. The molecule has 130 valence electrons. The predicted octanol–water partition coefficient (Wildman–Crippen LogP) is 2.02. The lowest BCUT2D eigenvalue weighted by Gasteiger charge is -2.24. The third-order valence-electron chi connectivity index (χ3n) is 3.11. The molecule has 0 bridgehead atoms. The normalized spacial score (nSPS) is 13.5. The van der Waals surface area contributed by atoms with Gasteiger partial charge in [0.2, 0.25) is 5.91 Å². The summed E-state index contributed by atoms with van der Waals surface area (Å²) in [6.45, 7) is 1.61. The number of halogens is 3. The smallest absolute Gasteiger partial charge is 0.406 e. The maximum Gasteiger partial charge on any atom is 0.573 e. The molecule has 0 saturated carbocycles. The summed E-state index contributed by atoms with van der Waals surface area (Å²) >= 11 is 0. The quantitative estimate of drug-likeness (QED) is 0.785. The van der Waals surface area contributed by atoms with Crippen LogP contribution in [0.25, 0.3) is 0 Å². The summed E-state index contributed by atoms with van der Waals surface area (Å²) in [5.41, 5.74) is 0.503. The zero-order valence-electron chi connectivity index (χ0n) is 12.9. The number of hydrogen-bond acceptors (Lipinski definition) is 4. The van der Waals surface area contributed by atoms with Gasteiger partial charge in [0.05, 0.1) is 12.2 Å². The average molecular weight is 353 g/mol. The third-order valence-corrected chi connectivity index (χ3v) is 4.20. The van der Waals surface area contributed by atoms with Gasteiger partial charge in [0.25, 0.3) is 0 Å². The number of ether oxygens (including phenoxy) is 1. The SMILES string of the molecule is CC(CS(C)(=O)=O)N(C)C(=O)Cc1ccc(OC(F)(F)F)cc1. The Balaban J connectivity index is 2.67. The molecule has 1 aromatic carbocycles. The molecule has 1 aromatic rings. The molecule has 1 amide bonds. The molecule has 0 N–H and O–H groups in total. The van der Waals surface area contributed by atoms with Crippen LogP contribution in [0, 0.1) is 0 Å².